The molecule has 0 fully saturated rings. The van der Waals surface area contributed by atoms with Crippen molar-refractivity contribution in [3.05, 3.63) is 27.2 Å². The summed E-state index contributed by atoms with van der Waals surface area (Å²) in [5.74, 6) is 0. The summed E-state index contributed by atoms with van der Waals surface area (Å²) in [5, 5.41) is 2.15. The van der Waals surface area contributed by atoms with Gasteiger partial charge < -0.3 is 0 Å². The molecule has 0 unspecified atom stereocenters. The molecule has 1 heterocycles. The standard InChI is InChI=1S/C10H16SSi2/c1-12(2)10(13(3)4)8-9-6-5-7-11-9/h5-8H,1-4H3. The van der Waals surface area contributed by atoms with Crippen LogP contribution in [0.15, 0.2) is 22.3 Å². The highest BCUT2D eigenvalue weighted by Crippen LogP contribution is 2.16. The molecular weight excluding hydrogens is 208 g/mol. The molecule has 0 aliphatic heterocycles. The van der Waals surface area contributed by atoms with Crippen molar-refractivity contribution in [1.82, 2.24) is 0 Å². The lowest BCUT2D eigenvalue weighted by molar-refractivity contribution is 1.84. The lowest BCUT2D eigenvalue weighted by atomic mass is 10.5. The van der Waals surface area contributed by atoms with Crippen LogP contribution in [0.3, 0.4) is 0 Å². The van der Waals surface area contributed by atoms with Crippen LogP contribution in [0.25, 0.3) is 6.08 Å². The monoisotopic (exact) mass is 224 g/mol. The fourth-order valence-electron chi connectivity index (χ4n) is 1.30. The van der Waals surface area contributed by atoms with E-state index < -0.39 is 0 Å². The van der Waals surface area contributed by atoms with Gasteiger partial charge in [-0.25, -0.2) is 0 Å². The predicted molar refractivity (Wildman–Crippen MR) is 67.3 cm³/mol. The van der Waals surface area contributed by atoms with Gasteiger partial charge in [-0.2, -0.15) is 0 Å². The van der Waals surface area contributed by atoms with Crippen LogP contribution in [0.4, 0.5) is 0 Å². The van der Waals surface area contributed by atoms with Crippen LogP contribution < -0.4 is 0 Å². The zero-order valence-corrected chi connectivity index (χ0v) is 11.5. The Morgan fingerprint density at radius 3 is 2.23 bits per heavy atom. The second-order valence-corrected chi connectivity index (χ2v) is 10.1. The first-order valence-corrected chi connectivity index (χ1v) is 10.4. The molecule has 0 aliphatic carbocycles. The second kappa shape index (κ2) is 4.93. The highest BCUT2D eigenvalue weighted by atomic mass is 32.1. The lowest BCUT2D eigenvalue weighted by Gasteiger charge is -2.12. The van der Waals surface area contributed by atoms with E-state index in [2.05, 4.69) is 49.8 Å². The maximum absolute atomic E-state index is 2.42. The largest absolute Gasteiger partial charge is 0.145 e. The zero-order valence-electron chi connectivity index (χ0n) is 8.72. The van der Waals surface area contributed by atoms with Crippen molar-refractivity contribution in [2.75, 3.05) is 0 Å². The van der Waals surface area contributed by atoms with Crippen molar-refractivity contribution in [3.8, 4) is 0 Å². The Morgan fingerprint density at radius 2 is 1.85 bits per heavy atom. The SMILES string of the molecule is C[Si](C)C(=Cc1cccs1)[Si](C)C. The smallest absolute Gasteiger partial charge is 0.0685 e. The van der Waals surface area contributed by atoms with Crippen LogP contribution in [-0.4, -0.2) is 17.6 Å². The van der Waals surface area contributed by atoms with Crippen LogP contribution in [0.2, 0.25) is 26.2 Å². The average molecular weight is 224 g/mol. The van der Waals surface area contributed by atoms with Crippen LogP contribution in [0, 0.1) is 0 Å². The Labute approximate surface area is 88.5 Å². The third-order valence-electron chi connectivity index (χ3n) is 1.91. The highest BCUT2D eigenvalue weighted by Gasteiger charge is 2.10. The second-order valence-electron chi connectivity index (χ2n) is 3.57. The quantitative estimate of drug-likeness (QED) is 0.687. The molecule has 0 saturated carbocycles. The minimum atomic E-state index is -0.235. The molecular formula is C10H16SSi2. The van der Waals surface area contributed by atoms with Crippen LogP contribution in [0.5, 0.6) is 0 Å². The minimum Gasteiger partial charge on any atom is -0.145 e. The van der Waals surface area contributed by atoms with Gasteiger partial charge in [-0.15, -0.1) is 11.3 Å². The highest BCUT2D eigenvalue weighted by molar-refractivity contribution is 7.11. The fourth-order valence-corrected chi connectivity index (χ4v) is 7.06. The van der Waals surface area contributed by atoms with Crippen molar-refractivity contribution in [3.63, 3.8) is 0 Å². The van der Waals surface area contributed by atoms with E-state index in [0.717, 1.165) is 0 Å². The molecule has 3 heteroatoms. The summed E-state index contributed by atoms with van der Waals surface area (Å²) in [7, 11) is -0.470. The van der Waals surface area contributed by atoms with Gasteiger partial charge in [0.2, 0.25) is 0 Å². The molecule has 0 aliphatic rings. The minimum absolute atomic E-state index is 0.235. The van der Waals surface area contributed by atoms with Crippen molar-refractivity contribution < 1.29 is 0 Å². The molecule has 0 aromatic carbocycles. The summed E-state index contributed by atoms with van der Waals surface area (Å²) in [4.78, 5) is 3.17. The normalized spacial score (nSPS) is 10.9. The summed E-state index contributed by atoms with van der Waals surface area (Å²) in [6.45, 7) is 9.56. The molecule has 0 spiro atoms. The van der Waals surface area contributed by atoms with Crippen LogP contribution in [-0.2, 0) is 0 Å². The Bertz CT molecular complexity index is 263. The predicted octanol–water partition coefficient (Wildman–Crippen LogP) is 3.72. The first-order chi connectivity index (χ1) is 6.11. The number of hydrogen-bond acceptors (Lipinski definition) is 1. The van der Waals surface area contributed by atoms with E-state index in [4.69, 9.17) is 0 Å². The summed E-state index contributed by atoms with van der Waals surface area (Å²) < 4.78 is 0. The van der Waals surface area contributed by atoms with Crippen molar-refractivity contribution in [2.24, 2.45) is 0 Å². The van der Waals surface area contributed by atoms with Crippen molar-refractivity contribution in [2.45, 2.75) is 26.2 Å². The van der Waals surface area contributed by atoms with Gasteiger partial charge in [0.15, 0.2) is 0 Å². The van der Waals surface area contributed by atoms with Crippen molar-refractivity contribution in [1.29, 1.82) is 0 Å². The van der Waals surface area contributed by atoms with Gasteiger partial charge >= 0.3 is 0 Å². The van der Waals surface area contributed by atoms with E-state index in [1.54, 1.807) is 4.82 Å². The van der Waals surface area contributed by atoms with Gasteiger partial charge in [0, 0.05) is 4.88 Å². The molecule has 1 aromatic rings. The first kappa shape index (κ1) is 11.0. The molecule has 70 valence electrons. The number of hydrogen-bond donors (Lipinski definition) is 0. The Balaban J connectivity index is 2.87. The Morgan fingerprint density at radius 1 is 1.23 bits per heavy atom. The van der Waals surface area contributed by atoms with E-state index in [-0.39, 0.29) is 17.6 Å². The topological polar surface area (TPSA) is 0 Å². The van der Waals surface area contributed by atoms with E-state index >= 15 is 0 Å². The van der Waals surface area contributed by atoms with Crippen LogP contribution in [0.1, 0.15) is 4.88 Å². The maximum atomic E-state index is 2.42. The molecule has 0 saturated heterocycles. The van der Waals surface area contributed by atoms with E-state index in [9.17, 15) is 0 Å². The van der Waals surface area contributed by atoms with Gasteiger partial charge in [-0.1, -0.05) is 43.2 Å². The third-order valence-corrected chi connectivity index (χ3v) is 8.17. The summed E-state index contributed by atoms with van der Waals surface area (Å²) in [5.41, 5.74) is 0. The number of rotatable bonds is 3. The van der Waals surface area contributed by atoms with Gasteiger partial charge in [0.25, 0.3) is 0 Å². The Hall–Kier alpha value is -0.126. The van der Waals surface area contributed by atoms with Gasteiger partial charge in [0.1, 0.15) is 0 Å². The molecule has 0 atom stereocenters. The van der Waals surface area contributed by atoms with Gasteiger partial charge in [-0.05, 0) is 11.4 Å². The Kier molecular flexibility index (Phi) is 4.15. The zero-order chi connectivity index (χ0) is 9.84. The molecule has 0 N–H and O–H groups in total. The summed E-state index contributed by atoms with van der Waals surface area (Å²) in [6, 6.07) is 4.34. The lowest BCUT2D eigenvalue weighted by Crippen LogP contribution is -2.18. The molecule has 0 amide bonds. The summed E-state index contributed by atoms with van der Waals surface area (Å²) >= 11 is 1.84. The molecule has 0 nitrogen and oxygen atoms in total. The van der Waals surface area contributed by atoms with Gasteiger partial charge in [-0.3, -0.25) is 0 Å². The maximum Gasteiger partial charge on any atom is 0.0685 e. The molecule has 0 bridgehead atoms. The average Bonchev–Trinajstić information content (AvgIpc) is 2.50. The third kappa shape index (κ3) is 3.25. The van der Waals surface area contributed by atoms with Gasteiger partial charge in [0.05, 0.1) is 17.6 Å². The number of thiophene rings is 1. The molecule has 2 radical (unpaired) electrons. The van der Waals surface area contributed by atoms with Crippen molar-refractivity contribution >= 4 is 35.0 Å². The summed E-state index contributed by atoms with van der Waals surface area (Å²) in [6.07, 6.45) is 2.42. The molecule has 1 aromatic heterocycles. The van der Waals surface area contributed by atoms with E-state index in [1.165, 1.54) is 4.88 Å². The van der Waals surface area contributed by atoms with Crippen LogP contribution >= 0.6 is 11.3 Å². The fraction of sp³-hybridized carbons (Fsp3) is 0.400. The van der Waals surface area contributed by atoms with E-state index in [1.807, 2.05) is 11.3 Å². The molecule has 13 heavy (non-hydrogen) atoms. The molecule has 1 rings (SSSR count). The first-order valence-electron chi connectivity index (χ1n) is 4.47. The van der Waals surface area contributed by atoms with E-state index in [0.29, 0.717) is 0 Å².